The smallest absolute Gasteiger partial charge is 0.171 e. The molecule has 18 heavy (non-hydrogen) atoms. The molecule has 0 bridgehead atoms. The maximum absolute atomic E-state index is 5.69. The van der Waals surface area contributed by atoms with Crippen molar-refractivity contribution in [2.45, 2.75) is 25.0 Å². The summed E-state index contributed by atoms with van der Waals surface area (Å²) in [6.45, 7) is 4.87. The zero-order valence-corrected chi connectivity index (χ0v) is 11.8. The summed E-state index contributed by atoms with van der Waals surface area (Å²) < 4.78 is 16.4. The molecule has 0 aromatic heterocycles. The number of hydrogen-bond acceptors (Lipinski definition) is 4. The van der Waals surface area contributed by atoms with Crippen molar-refractivity contribution in [3.8, 4) is 0 Å². The number of rotatable bonds is 4. The summed E-state index contributed by atoms with van der Waals surface area (Å²) in [5, 5.41) is 4.09. The second kappa shape index (κ2) is 6.65. The first kappa shape index (κ1) is 14.0. The van der Waals surface area contributed by atoms with Crippen LogP contribution in [0.25, 0.3) is 0 Å². The Kier molecular flexibility index (Phi) is 5.17. The molecule has 2 aliphatic heterocycles. The van der Waals surface area contributed by atoms with Crippen molar-refractivity contribution >= 4 is 17.3 Å². The molecule has 0 amide bonds. The highest BCUT2D eigenvalue weighted by molar-refractivity contribution is 7.80. The number of likely N-dealkylation sites (tertiary alicyclic amines) is 1. The molecule has 1 spiro atoms. The fourth-order valence-corrected chi connectivity index (χ4v) is 2.64. The van der Waals surface area contributed by atoms with E-state index in [2.05, 4.69) is 10.2 Å². The highest BCUT2D eigenvalue weighted by Gasteiger charge is 2.40. The van der Waals surface area contributed by atoms with Gasteiger partial charge in [-0.2, -0.15) is 0 Å². The van der Waals surface area contributed by atoms with Gasteiger partial charge in [-0.25, -0.2) is 0 Å². The molecule has 0 atom stereocenters. The van der Waals surface area contributed by atoms with Gasteiger partial charge in [0.1, 0.15) is 0 Å². The van der Waals surface area contributed by atoms with Gasteiger partial charge in [0.05, 0.1) is 13.2 Å². The Hall–Kier alpha value is -0.430. The molecular formula is C12H22N2O3S. The Bertz CT molecular complexity index is 272. The quantitative estimate of drug-likeness (QED) is 0.602. The van der Waals surface area contributed by atoms with Gasteiger partial charge in [0.2, 0.25) is 0 Å². The zero-order chi connectivity index (χ0) is 12.8. The first-order valence-corrected chi connectivity index (χ1v) is 6.96. The minimum Gasteiger partial charge on any atom is -0.385 e. The predicted molar refractivity (Wildman–Crippen MR) is 72.5 cm³/mol. The van der Waals surface area contributed by atoms with E-state index in [9.17, 15) is 0 Å². The maximum atomic E-state index is 5.69. The van der Waals surface area contributed by atoms with E-state index in [1.54, 1.807) is 7.11 Å². The summed E-state index contributed by atoms with van der Waals surface area (Å²) in [6.07, 6.45) is 2.76. The van der Waals surface area contributed by atoms with Crippen molar-refractivity contribution in [1.29, 1.82) is 0 Å². The van der Waals surface area contributed by atoms with Crippen LogP contribution in [0.1, 0.15) is 19.3 Å². The lowest BCUT2D eigenvalue weighted by molar-refractivity contribution is -0.180. The van der Waals surface area contributed by atoms with Gasteiger partial charge in [-0.3, -0.25) is 0 Å². The van der Waals surface area contributed by atoms with Gasteiger partial charge < -0.3 is 24.4 Å². The number of nitrogens with zero attached hydrogens (tertiary/aromatic N) is 1. The molecule has 2 aliphatic rings. The van der Waals surface area contributed by atoms with E-state index < -0.39 is 0 Å². The summed E-state index contributed by atoms with van der Waals surface area (Å²) in [5.41, 5.74) is 0. The second-order valence-corrected chi connectivity index (χ2v) is 5.06. The van der Waals surface area contributed by atoms with Crippen LogP contribution in [0.5, 0.6) is 0 Å². The molecule has 5 nitrogen and oxygen atoms in total. The van der Waals surface area contributed by atoms with Crippen LogP contribution in [0.2, 0.25) is 0 Å². The van der Waals surface area contributed by atoms with Crippen LogP contribution >= 0.6 is 12.2 Å². The highest BCUT2D eigenvalue weighted by atomic mass is 32.1. The fraction of sp³-hybridized carbons (Fsp3) is 0.917. The van der Waals surface area contributed by atoms with Crippen molar-refractivity contribution in [3.63, 3.8) is 0 Å². The number of methoxy groups -OCH3 is 1. The Morgan fingerprint density at radius 2 is 2.00 bits per heavy atom. The summed E-state index contributed by atoms with van der Waals surface area (Å²) in [4.78, 5) is 2.19. The SMILES string of the molecule is COCCCNC(=S)N1CCC2(CC1)OCCO2. The fourth-order valence-electron chi connectivity index (χ4n) is 2.36. The molecule has 6 heteroatoms. The van der Waals surface area contributed by atoms with Gasteiger partial charge in [-0.1, -0.05) is 0 Å². The normalized spacial score (nSPS) is 22.4. The Morgan fingerprint density at radius 1 is 1.33 bits per heavy atom. The lowest BCUT2D eigenvalue weighted by atomic mass is 10.0. The summed E-state index contributed by atoms with van der Waals surface area (Å²) in [6, 6.07) is 0. The maximum Gasteiger partial charge on any atom is 0.171 e. The van der Waals surface area contributed by atoms with Crippen molar-refractivity contribution < 1.29 is 14.2 Å². The number of hydrogen-bond donors (Lipinski definition) is 1. The van der Waals surface area contributed by atoms with Gasteiger partial charge in [0.15, 0.2) is 10.9 Å². The first-order valence-electron chi connectivity index (χ1n) is 6.55. The number of thiocarbonyl (C=S) groups is 1. The third kappa shape index (κ3) is 3.54. The average molecular weight is 274 g/mol. The molecule has 2 fully saturated rings. The monoisotopic (exact) mass is 274 g/mol. The highest BCUT2D eigenvalue weighted by Crippen LogP contribution is 2.31. The summed E-state index contributed by atoms with van der Waals surface area (Å²) in [7, 11) is 1.71. The molecule has 2 heterocycles. The molecule has 104 valence electrons. The molecule has 2 saturated heterocycles. The van der Waals surface area contributed by atoms with E-state index in [4.69, 9.17) is 26.4 Å². The summed E-state index contributed by atoms with van der Waals surface area (Å²) >= 11 is 5.38. The van der Waals surface area contributed by atoms with Crippen molar-refractivity contribution in [3.05, 3.63) is 0 Å². The van der Waals surface area contributed by atoms with Gasteiger partial charge in [0, 0.05) is 46.2 Å². The van der Waals surface area contributed by atoms with Crippen LogP contribution < -0.4 is 5.32 Å². The molecule has 0 aliphatic carbocycles. The third-order valence-electron chi connectivity index (χ3n) is 3.43. The van der Waals surface area contributed by atoms with Crippen molar-refractivity contribution in [1.82, 2.24) is 10.2 Å². The molecule has 0 radical (unpaired) electrons. The van der Waals surface area contributed by atoms with Crippen molar-refractivity contribution in [2.24, 2.45) is 0 Å². The number of ether oxygens (including phenoxy) is 3. The van der Waals surface area contributed by atoms with Gasteiger partial charge >= 0.3 is 0 Å². The minimum absolute atomic E-state index is 0.317. The van der Waals surface area contributed by atoms with Gasteiger partial charge in [-0.15, -0.1) is 0 Å². The number of nitrogens with one attached hydrogen (secondary N) is 1. The van der Waals surface area contributed by atoms with Crippen LogP contribution in [0.4, 0.5) is 0 Å². The van der Waals surface area contributed by atoms with Gasteiger partial charge in [0.25, 0.3) is 0 Å². The molecule has 0 aromatic rings. The molecule has 0 saturated carbocycles. The lowest BCUT2D eigenvalue weighted by Gasteiger charge is -2.38. The zero-order valence-electron chi connectivity index (χ0n) is 10.9. The lowest BCUT2D eigenvalue weighted by Crippen LogP contribution is -2.50. The molecule has 0 aromatic carbocycles. The molecule has 2 rings (SSSR count). The van der Waals surface area contributed by atoms with Crippen LogP contribution in [0, 0.1) is 0 Å². The van der Waals surface area contributed by atoms with E-state index in [0.717, 1.165) is 63.8 Å². The Morgan fingerprint density at radius 3 is 2.61 bits per heavy atom. The molecular weight excluding hydrogens is 252 g/mol. The first-order chi connectivity index (χ1) is 8.76. The Balaban J connectivity index is 1.67. The standard InChI is InChI=1S/C12H22N2O3S/c1-15-8-2-5-13-11(18)14-6-3-12(4-7-14)16-9-10-17-12/h2-10H2,1H3,(H,13,18). The third-order valence-corrected chi connectivity index (χ3v) is 3.83. The van der Waals surface area contributed by atoms with Crippen LogP contribution in [-0.2, 0) is 14.2 Å². The summed E-state index contributed by atoms with van der Waals surface area (Å²) in [5.74, 6) is -0.317. The van der Waals surface area contributed by atoms with Crippen LogP contribution in [0.15, 0.2) is 0 Å². The molecule has 1 N–H and O–H groups in total. The van der Waals surface area contributed by atoms with E-state index >= 15 is 0 Å². The predicted octanol–water partition coefficient (Wildman–Crippen LogP) is 0.736. The largest absolute Gasteiger partial charge is 0.385 e. The Labute approximate surface area is 114 Å². The number of piperidine rings is 1. The van der Waals surface area contributed by atoms with E-state index in [1.807, 2.05) is 0 Å². The van der Waals surface area contributed by atoms with E-state index in [-0.39, 0.29) is 5.79 Å². The second-order valence-electron chi connectivity index (χ2n) is 4.67. The average Bonchev–Trinajstić information content (AvgIpc) is 2.84. The van der Waals surface area contributed by atoms with Crippen LogP contribution in [-0.4, -0.2) is 62.4 Å². The van der Waals surface area contributed by atoms with E-state index in [0.29, 0.717) is 0 Å². The topological polar surface area (TPSA) is 43.0 Å². The minimum atomic E-state index is -0.317. The van der Waals surface area contributed by atoms with Gasteiger partial charge in [-0.05, 0) is 18.6 Å². The molecule has 0 unspecified atom stereocenters. The van der Waals surface area contributed by atoms with Crippen LogP contribution in [0.3, 0.4) is 0 Å². The van der Waals surface area contributed by atoms with Crippen molar-refractivity contribution in [2.75, 3.05) is 46.6 Å². The van der Waals surface area contributed by atoms with E-state index in [1.165, 1.54) is 0 Å².